The van der Waals surface area contributed by atoms with Crippen molar-refractivity contribution >= 4 is 11.9 Å². The predicted molar refractivity (Wildman–Crippen MR) is 149 cm³/mol. The number of amides is 1. The van der Waals surface area contributed by atoms with E-state index < -0.39 is 0 Å². The fourth-order valence-corrected chi connectivity index (χ4v) is 5.41. The number of piperazine rings is 2. The summed E-state index contributed by atoms with van der Waals surface area (Å²) >= 11 is 0. The van der Waals surface area contributed by atoms with Crippen molar-refractivity contribution in [2.75, 3.05) is 63.8 Å². The van der Waals surface area contributed by atoms with Gasteiger partial charge in [-0.1, -0.05) is 57.0 Å². The normalized spacial score (nSPS) is 18.2. The molecule has 2 aliphatic heterocycles. The maximum atomic E-state index is 13.0. The van der Waals surface area contributed by atoms with Gasteiger partial charge in [-0.15, -0.1) is 0 Å². The molecule has 2 fully saturated rings. The zero-order valence-corrected chi connectivity index (χ0v) is 22.7. The van der Waals surface area contributed by atoms with Crippen LogP contribution in [0.25, 0.3) is 0 Å². The summed E-state index contributed by atoms with van der Waals surface area (Å²) in [7, 11) is 0. The average molecular weight is 509 g/mol. The van der Waals surface area contributed by atoms with E-state index in [4.69, 9.17) is 4.98 Å². The van der Waals surface area contributed by atoms with Crippen LogP contribution in [-0.4, -0.2) is 89.5 Å². The van der Waals surface area contributed by atoms with E-state index in [9.17, 15) is 9.59 Å². The molecule has 1 N–H and O–H groups in total. The molecule has 37 heavy (non-hydrogen) atoms. The van der Waals surface area contributed by atoms with Crippen LogP contribution in [0.2, 0.25) is 0 Å². The summed E-state index contributed by atoms with van der Waals surface area (Å²) in [6.07, 6.45) is 5.18. The summed E-state index contributed by atoms with van der Waals surface area (Å²) in [5, 5.41) is 0. The largest absolute Gasteiger partial charge is 0.339 e. The maximum absolute atomic E-state index is 13.0. The molecular weight excluding hydrogens is 464 g/mol. The lowest BCUT2D eigenvalue weighted by atomic mass is 9.97. The molecule has 4 rings (SSSR count). The molecule has 1 atom stereocenters. The Hall–Kier alpha value is -2.71. The molecule has 0 radical (unpaired) electrons. The highest BCUT2D eigenvalue weighted by atomic mass is 16.2. The van der Waals surface area contributed by atoms with Crippen molar-refractivity contribution in [2.45, 2.75) is 52.5 Å². The molecule has 2 aromatic rings. The van der Waals surface area contributed by atoms with E-state index in [-0.39, 0.29) is 17.4 Å². The first-order chi connectivity index (χ1) is 18.1. The van der Waals surface area contributed by atoms with Gasteiger partial charge in [0.1, 0.15) is 0 Å². The number of carbonyl (C=O) groups excluding carboxylic acids is 1. The lowest BCUT2D eigenvalue weighted by molar-refractivity contribution is -0.136. The van der Waals surface area contributed by atoms with E-state index in [0.717, 1.165) is 70.5 Å². The second-order valence-electron chi connectivity index (χ2n) is 10.5. The molecule has 8 nitrogen and oxygen atoms in total. The summed E-state index contributed by atoms with van der Waals surface area (Å²) < 4.78 is 0. The second kappa shape index (κ2) is 13.7. The fraction of sp³-hybridized carbons (Fsp3) is 0.621. The van der Waals surface area contributed by atoms with Gasteiger partial charge in [0.15, 0.2) is 0 Å². The van der Waals surface area contributed by atoms with Crippen molar-refractivity contribution in [1.82, 2.24) is 24.7 Å². The summed E-state index contributed by atoms with van der Waals surface area (Å²) in [6.45, 7) is 12.8. The molecule has 0 saturated carbocycles. The Morgan fingerprint density at radius 2 is 1.68 bits per heavy atom. The van der Waals surface area contributed by atoms with Crippen molar-refractivity contribution in [3.05, 3.63) is 58.0 Å². The van der Waals surface area contributed by atoms with Crippen molar-refractivity contribution in [3.63, 3.8) is 0 Å². The third-order valence-electron chi connectivity index (χ3n) is 7.83. The van der Waals surface area contributed by atoms with Crippen LogP contribution in [0.1, 0.15) is 50.8 Å². The molecule has 0 bridgehead atoms. The number of H-pyrrole nitrogens is 1. The molecule has 8 heteroatoms. The highest BCUT2D eigenvalue weighted by Crippen LogP contribution is 2.19. The Morgan fingerprint density at radius 3 is 2.35 bits per heavy atom. The van der Waals surface area contributed by atoms with Gasteiger partial charge < -0.3 is 14.7 Å². The molecular formula is C29H44N6O2. The first-order valence-electron chi connectivity index (χ1n) is 14.2. The van der Waals surface area contributed by atoms with Crippen molar-refractivity contribution in [1.29, 1.82) is 0 Å². The maximum Gasteiger partial charge on any atom is 0.252 e. The van der Waals surface area contributed by atoms with Crippen LogP contribution in [0.5, 0.6) is 0 Å². The van der Waals surface area contributed by atoms with Crippen LogP contribution >= 0.6 is 0 Å². The van der Waals surface area contributed by atoms with E-state index in [0.29, 0.717) is 38.7 Å². The Balaban J connectivity index is 1.26. The molecule has 1 aromatic carbocycles. The highest BCUT2D eigenvalue weighted by Gasteiger charge is 2.27. The zero-order chi connectivity index (χ0) is 26.0. The Bertz CT molecular complexity index is 1030. The van der Waals surface area contributed by atoms with Crippen LogP contribution in [-0.2, 0) is 17.8 Å². The molecule has 202 valence electrons. The van der Waals surface area contributed by atoms with Gasteiger partial charge in [0, 0.05) is 77.4 Å². The summed E-state index contributed by atoms with van der Waals surface area (Å²) in [5.41, 5.74) is 2.10. The summed E-state index contributed by atoms with van der Waals surface area (Å²) in [6, 6.07) is 12.3. The van der Waals surface area contributed by atoms with Gasteiger partial charge in [-0.3, -0.25) is 19.5 Å². The van der Waals surface area contributed by atoms with Crippen LogP contribution in [0.3, 0.4) is 0 Å². The van der Waals surface area contributed by atoms with E-state index in [1.54, 1.807) is 6.07 Å². The molecule has 2 aliphatic rings. The van der Waals surface area contributed by atoms with Gasteiger partial charge in [0.2, 0.25) is 11.9 Å². The molecule has 0 aliphatic carbocycles. The first kappa shape index (κ1) is 27.3. The standard InChI is InChI=1S/C29H44N6O2/c1-3-5-11-25(4-2)28(37)34-18-20-35(21-19-34)29-30-26(22-27(36)31-29)23-33-16-14-32(15-17-33)13-12-24-9-7-6-8-10-24/h6-10,22,25H,3-5,11-21,23H2,1-2H3,(H,30,31,36). The van der Waals surface area contributed by atoms with Gasteiger partial charge >= 0.3 is 0 Å². The van der Waals surface area contributed by atoms with Gasteiger partial charge in [-0.2, -0.15) is 0 Å². The number of aromatic nitrogens is 2. The number of unbranched alkanes of at least 4 members (excludes halogenated alkanes) is 1. The number of nitrogens with one attached hydrogen (secondary N) is 1. The molecule has 1 unspecified atom stereocenters. The molecule has 1 amide bonds. The minimum absolute atomic E-state index is 0.106. The summed E-state index contributed by atoms with van der Waals surface area (Å²) in [4.78, 5) is 42.2. The van der Waals surface area contributed by atoms with Gasteiger partial charge in [0.25, 0.3) is 5.56 Å². The number of rotatable bonds is 11. The molecule has 2 saturated heterocycles. The minimum atomic E-state index is -0.106. The van der Waals surface area contributed by atoms with Gasteiger partial charge in [-0.25, -0.2) is 4.98 Å². The van der Waals surface area contributed by atoms with E-state index in [1.807, 2.05) is 4.90 Å². The Labute approximate surface area is 221 Å². The van der Waals surface area contributed by atoms with Crippen LogP contribution < -0.4 is 10.5 Å². The predicted octanol–water partition coefficient (Wildman–Crippen LogP) is 3.00. The third-order valence-corrected chi connectivity index (χ3v) is 7.83. The number of carbonyl (C=O) groups is 1. The van der Waals surface area contributed by atoms with E-state index in [2.05, 4.69) is 63.9 Å². The van der Waals surface area contributed by atoms with Gasteiger partial charge in [-0.05, 0) is 24.8 Å². The number of hydrogen-bond donors (Lipinski definition) is 1. The molecule has 3 heterocycles. The smallest absolute Gasteiger partial charge is 0.252 e. The fourth-order valence-electron chi connectivity index (χ4n) is 5.41. The lowest BCUT2D eigenvalue weighted by Crippen LogP contribution is -2.51. The van der Waals surface area contributed by atoms with Gasteiger partial charge in [0.05, 0.1) is 5.69 Å². The molecule has 1 aromatic heterocycles. The Kier molecular flexibility index (Phi) is 10.1. The lowest BCUT2D eigenvalue weighted by Gasteiger charge is -2.37. The van der Waals surface area contributed by atoms with Crippen molar-refractivity contribution < 1.29 is 4.79 Å². The van der Waals surface area contributed by atoms with Crippen LogP contribution in [0.4, 0.5) is 5.95 Å². The SMILES string of the molecule is CCCCC(CC)C(=O)N1CCN(c2nc(CN3CCN(CCc4ccccc4)CC3)cc(=O)[nH]2)CC1. The Morgan fingerprint density at radius 1 is 0.973 bits per heavy atom. The van der Waals surface area contributed by atoms with Crippen molar-refractivity contribution in [2.24, 2.45) is 5.92 Å². The third kappa shape index (κ3) is 7.89. The number of nitrogens with zero attached hydrogens (tertiary/aromatic N) is 5. The topological polar surface area (TPSA) is 75.8 Å². The van der Waals surface area contributed by atoms with Crippen LogP contribution in [0.15, 0.2) is 41.2 Å². The zero-order valence-electron chi connectivity index (χ0n) is 22.7. The molecule has 0 spiro atoms. The first-order valence-corrected chi connectivity index (χ1v) is 14.2. The van der Waals surface area contributed by atoms with E-state index in [1.165, 1.54) is 5.56 Å². The second-order valence-corrected chi connectivity index (χ2v) is 10.5. The summed E-state index contributed by atoms with van der Waals surface area (Å²) in [5.74, 6) is 1.05. The van der Waals surface area contributed by atoms with E-state index >= 15 is 0 Å². The highest BCUT2D eigenvalue weighted by molar-refractivity contribution is 5.79. The number of anilines is 1. The number of hydrogen-bond acceptors (Lipinski definition) is 6. The number of aromatic amines is 1. The van der Waals surface area contributed by atoms with Crippen molar-refractivity contribution in [3.8, 4) is 0 Å². The average Bonchev–Trinajstić information content (AvgIpc) is 2.93. The minimum Gasteiger partial charge on any atom is -0.339 e. The van der Waals surface area contributed by atoms with Crippen LogP contribution in [0, 0.1) is 5.92 Å². The number of benzene rings is 1. The quantitative estimate of drug-likeness (QED) is 0.503. The monoisotopic (exact) mass is 508 g/mol.